The van der Waals surface area contributed by atoms with Crippen LogP contribution >= 0.6 is 0 Å². The maximum Gasteiger partial charge on any atom is 0.305 e. The van der Waals surface area contributed by atoms with Crippen LogP contribution in [0.3, 0.4) is 0 Å². The van der Waals surface area contributed by atoms with Gasteiger partial charge in [-0.05, 0) is 19.1 Å². The molecule has 0 aliphatic rings. The van der Waals surface area contributed by atoms with E-state index in [2.05, 4.69) is 4.98 Å². The maximum absolute atomic E-state index is 13.1. The number of imidazole rings is 1. The lowest BCUT2D eigenvalue weighted by Gasteiger charge is -2.19. The van der Waals surface area contributed by atoms with E-state index >= 15 is 0 Å². The average molecular weight is 293 g/mol. The summed E-state index contributed by atoms with van der Waals surface area (Å²) in [4.78, 5) is 28.4. The molecule has 7 heteroatoms. The van der Waals surface area contributed by atoms with Crippen LogP contribution in [0, 0.1) is 5.82 Å². The van der Waals surface area contributed by atoms with E-state index in [1.165, 1.54) is 27.6 Å². The van der Waals surface area contributed by atoms with Gasteiger partial charge < -0.3 is 14.4 Å². The Morgan fingerprint density at radius 1 is 1.38 bits per heavy atom. The van der Waals surface area contributed by atoms with Gasteiger partial charge in [0.05, 0.1) is 18.5 Å². The van der Waals surface area contributed by atoms with Gasteiger partial charge in [-0.15, -0.1) is 0 Å². The van der Waals surface area contributed by atoms with Crippen LogP contribution in [0.25, 0.3) is 5.65 Å². The zero-order valence-corrected chi connectivity index (χ0v) is 11.6. The predicted molar refractivity (Wildman–Crippen MR) is 73.4 cm³/mol. The summed E-state index contributed by atoms with van der Waals surface area (Å²) < 4.78 is 14.6. The van der Waals surface area contributed by atoms with Gasteiger partial charge in [0.2, 0.25) is 5.91 Å². The largest absolute Gasteiger partial charge is 0.481 e. The third kappa shape index (κ3) is 3.77. The number of halogens is 1. The summed E-state index contributed by atoms with van der Waals surface area (Å²) in [5.41, 5.74) is 1.09. The number of pyridine rings is 1. The van der Waals surface area contributed by atoms with E-state index in [0.717, 1.165) is 0 Å². The zero-order valence-electron chi connectivity index (χ0n) is 11.6. The van der Waals surface area contributed by atoms with Gasteiger partial charge in [0.1, 0.15) is 11.5 Å². The van der Waals surface area contributed by atoms with Crippen LogP contribution in [0.4, 0.5) is 4.39 Å². The number of carbonyl (C=O) groups is 2. The van der Waals surface area contributed by atoms with Crippen molar-refractivity contribution in [3.8, 4) is 0 Å². The fourth-order valence-electron chi connectivity index (χ4n) is 2.06. The van der Waals surface area contributed by atoms with Crippen molar-refractivity contribution in [2.45, 2.75) is 19.8 Å². The number of hydrogen-bond acceptors (Lipinski definition) is 3. The van der Waals surface area contributed by atoms with Gasteiger partial charge in [0, 0.05) is 25.5 Å². The van der Waals surface area contributed by atoms with Crippen LogP contribution in [-0.2, 0) is 16.0 Å². The van der Waals surface area contributed by atoms with Crippen LogP contribution in [0.15, 0.2) is 24.5 Å². The van der Waals surface area contributed by atoms with Crippen molar-refractivity contribution in [2.24, 2.45) is 0 Å². The molecule has 0 atom stereocenters. The zero-order chi connectivity index (χ0) is 15.4. The summed E-state index contributed by atoms with van der Waals surface area (Å²) in [6, 6.07) is 2.84. The van der Waals surface area contributed by atoms with Gasteiger partial charge in [-0.2, -0.15) is 0 Å². The standard InChI is InChI=1S/C14H16FN3O3/c1-2-17(6-5-14(20)21)13(19)7-11-9-18-8-10(15)3-4-12(18)16-11/h3-4,8-9H,2,5-7H2,1H3,(H,20,21). The first-order chi connectivity index (χ1) is 9.99. The smallest absolute Gasteiger partial charge is 0.305 e. The Balaban J connectivity index is 2.07. The predicted octanol–water partition coefficient (Wildman–Crippen LogP) is 1.34. The van der Waals surface area contributed by atoms with Gasteiger partial charge in [0.25, 0.3) is 0 Å². The molecule has 6 nitrogen and oxygen atoms in total. The second-order valence-corrected chi connectivity index (χ2v) is 4.64. The summed E-state index contributed by atoms with van der Waals surface area (Å²) in [5, 5.41) is 8.66. The summed E-state index contributed by atoms with van der Waals surface area (Å²) in [6.45, 7) is 2.40. The number of rotatable bonds is 6. The van der Waals surface area contributed by atoms with Crippen molar-refractivity contribution in [1.29, 1.82) is 0 Å². The van der Waals surface area contributed by atoms with Crippen molar-refractivity contribution in [2.75, 3.05) is 13.1 Å². The molecule has 1 N–H and O–H groups in total. The van der Waals surface area contributed by atoms with Crippen LogP contribution in [0.2, 0.25) is 0 Å². The van der Waals surface area contributed by atoms with Gasteiger partial charge in [-0.25, -0.2) is 9.37 Å². The molecule has 2 aromatic heterocycles. The third-order valence-corrected chi connectivity index (χ3v) is 3.13. The number of aromatic nitrogens is 2. The summed E-state index contributed by atoms with van der Waals surface area (Å²) in [6.07, 6.45) is 2.87. The fraction of sp³-hybridized carbons (Fsp3) is 0.357. The highest BCUT2D eigenvalue weighted by atomic mass is 19.1. The number of carboxylic acid groups (broad SMARTS) is 1. The highest BCUT2D eigenvalue weighted by Gasteiger charge is 2.15. The molecule has 0 saturated carbocycles. The van der Waals surface area contributed by atoms with Crippen molar-refractivity contribution in [3.05, 3.63) is 36.0 Å². The lowest BCUT2D eigenvalue weighted by Crippen LogP contribution is -2.34. The Bertz CT molecular complexity index is 669. The van der Waals surface area contributed by atoms with Crippen molar-refractivity contribution in [3.63, 3.8) is 0 Å². The molecule has 21 heavy (non-hydrogen) atoms. The van der Waals surface area contributed by atoms with Gasteiger partial charge in [0.15, 0.2) is 0 Å². The minimum atomic E-state index is -0.940. The topological polar surface area (TPSA) is 74.9 Å². The molecule has 2 aromatic rings. The highest BCUT2D eigenvalue weighted by Crippen LogP contribution is 2.09. The molecule has 0 saturated heterocycles. The van der Waals surface area contributed by atoms with Gasteiger partial charge in [-0.1, -0.05) is 0 Å². The molecule has 0 aromatic carbocycles. The van der Waals surface area contributed by atoms with E-state index in [9.17, 15) is 14.0 Å². The minimum Gasteiger partial charge on any atom is -0.481 e. The van der Waals surface area contributed by atoms with Gasteiger partial charge >= 0.3 is 5.97 Å². The molecular weight excluding hydrogens is 277 g/mol. The van der Waals surface area contributed by atoms with E-state index in [1.54, 1.807) is 13.1 Å². The first kappa shape index (κ1) is 15.0. The molecule has 0 radical (unpaired) electrons. The Hall–Kier alpha value is -2.44. The van der Waals surface area contributed by atoms with E-state index in [0.29, 0.717) is 17.9 Å². The molecule has 0 spiro atoms. The minimum absolute atomic E-state index is 0.0662. The molecule has 2 rings (SSSR count). The number of amides is 1. The summed E-state index contributed by atoms with van der Waals surface area (Å²) in [7, 11) is 0. The number of nitrogens with zero attached hydrogens (tertiary/aromatic N) is 3. The Morgan fingerprint density at radius 2 is 2.14 bits per heavy atom. The molecule has 0 aliphatic heterocycles. The van der Waals surface area contributed by atoms with E-state index in [1.807, 2.05) is 0 Å². The van der Waals surface area contributed by atoms with E-state index in [-0.39, 0.29) is 31.1 Å². The molecule has 2 heterocycles. The second-order valence-electron chi connectivity index (χ2n) is 4.64. The first-order valence-electron chi connectivity index (χ1n) is 6.62. The first-order valence-corrected chi connectivity index (χ1v) is 6.62. The molecule has 1 amide bonds. The number of hydrogen-bond donors (Lipinski definition) is 1. The number of carboxylic acids is 1. The number of carbonyl (C=O) groups excluding carboxylic acids is 1. The molecule has 0 unspecified atom stereocenters. The Kier molecular flexibility index (Phi) is 4.52. The Labute approximate surface area is 120 Å². The summed E-state index contributed by atoms with van der Waals surface area (Å²) >= 11 is 0. The summed E-state index contributed by atoms with van der Waals surface area (Å²) in [5.74, 6) is -1.51. The molecule has 0 aliphatic carbocycles. The maximum atomic E-state index is 13.1. The third-order valence-electron chi connectivity index (χ3n) is 3.13. The van der Waals surface area contributed by atoms with Crippen molar-refractivity contribution in [1.82, 2.24) is 14.3 Å². The number of fused-ring (bicyclic) bond motifs is 1. The van der Waals surface area contributed by atoms with Crippen LogP contribution < -0.4 is 0 Å². The number of likely N-dealkylation sites (N-methyl/N-ethyl adjacent to an activating group) is 1. The van der Waals surface area contributed by atoms with Gasteiger partial charge in [-0.3, -0.25) is 9.59 Å². The van der Waals surface area contributed by atoms with Crippen molar-refractivity contribution >= 4 is 17.5 Å². The van der Waals surface area contributed by atoms with Crippen molar-refractivity contribution < 1.29 is 19.1 Å². The van der Waals surface area contributed by atoms with Crippen LogP contribution in [0.5, 0.6) is 0 Å². The lowest BCUT2D eigenvalue weighted by molar-refractivity contribution is -0.138. The average Bonchev–Trinajstić information content (AvgIpc) is 2.80. The monoisotopic (exact) mass is 293 g/mol. The highest BCUT2D eigenvalue weighted by molar-refractivity contribution is 5.79. The quantitative estimate of drug-likeness (QED) is 0.872. The van der Waals surface area contributed by atoms with Crippen LogP contribution in [-0.4, -0.2) is 44.4 Å². The lowest BCUT2D eigenvalue weighted by atomic mass is 10.2. The Morgan fingerprint density at radius 3 is 2.81 bits per heavy atom. The van der Waals surface area contributed by atoms with E-state index < -0.39 is 5.97 Å². The molecule has 0 fully saturated rings. The molecule has 0 bridgehead atoms. The molecule has 112 valence electrons. The van der Waals surface area contributed by atoms with Crippen LogP contribution in [0.1, 0.15) is 19.0 Å². The van der Waals surface area contributed by atoms with E-state index in [4.69, 9.17) is 5.11 Å². The SMILES string of the molecule is CCN(CCC(=O)O)C(=O)Cc1cn2cc(F)ccc2n1. The molecular formula is C14H16FN3O3. The second kappa shape index (κ2) is 6.34. The number of aliphatic carboxylic acids is 1. The fourth-order valence-corrected chi connectivity index (χ4v) is 2.06. The normalized spacial score (nSPS) is 10.8.